The summed E-state index contributed by atoms with van der Waals surface area (Å²) in [5, 5.41) is 3.78. The molecule has 0 aromatic carbocycles. The zero-order valence-corrected chi connectivity index (χ0v) is 12.9. The monoisotopic (exact) mass is 338 g/mol. The third-order valence-corrected chi connectivity index (χ3v) is 5.78. The van der Waals surface area contributed by atoms with Crippen LogP contribution >= 0.6 is 0 Å². The summed E-state index contributed by atoms with van der Waals surface area (Å²) in [6.07, 6.45) is 1.03. The smallest absolute Gasteiger partial charge is 0.276 e. The fourth-order valence-corrected chi connectivity index (χ4v) is 4.90. The molecule has 0 spiro atoms. The Morgan fingerprint density at radius 2 is 2.17 bits per heavy atom. The van der Waals surface area contributed by atoms with E-state index in [1.165, 1.54) is 17.2 Å². The van der Waals surface area contributed by atoms with E-state index in [2.05, 4.69) is 5.16 Å². The summed E-state index contributed by atoms with van der Waals surface area (Å²) < 4.78 is 39.4. The number of rotatable bonds is 2. The van der Waals surface area contributed by atoms with Gasteiger partial charge in [0, 0.05) is 12.6 Å². The van der Waals surface area contributed by atoms with Crippen molar-refractivity contribution in [3.8, 4) is 11.5 Å². The van der Waals surface area contributed by atoms with Crippen molar-refractivity contribution < 1.29 is 26.9 Å². The number of ether oxygens (including phenoxy) is 1. The number of carbonyl (C=O) groups is 1. The van der Waals surface area contributed by atoms with E-state index in [1.807, 2.05) is 0 Å². The molecule has 8 nitrogen and oxygen atoms in total. The standard InChI is InChI=1S/C14H14N2O6S/c17-14(9-6-12(22-15-9)11-2-1-4-20-11)16-3-5-21-13-8-23(18,19)7-10(13)16/h1-2,4,6,10,13H,3,5,7-8H2. The van der Waals surface area contributed by atoms with Crippen LogP contribution in [0.4, 0.5) is 0 Å². The lowest BCUT2D eigenvalue weighted by Gasteiger charge is -2.36. The van der Waals surface area contributed by atoms with Crippen molar-refractivity contribution in [3.05, 3.63) is 30.2 Å². The Morgan fingerprint density at radius 3 is 2.96 bits per heavy atom. The molecular formula is C14H14N2O6S. The van der Waals surface area contributed by atoms with Crippen molar-refractivity contribution in [2.45, 2.75) is 12.1 Å². The van der Waals surface area contributed by atoms with Crippen molar-refractivity contribution in [1.82, 2.24) is 10.1 Å². The lowest BCUT2D eigenvalue weighted by molar-refractivity contribution is -0.0364. The van der Waals surface area contributed by atoms with E-state index in [0.717, 1.165) is 0 Å². The van der Waals surface area contributed by atoms with Gasteiger partial charge in [-0.15, -0.1) is 0 Å². The molecule has 2 aliphatic rings. The fourth-order valence-electron chi connectivity index (χ4n) is 3.03. The van der Waals surface area contributed by atoms with Crippen molar-refractivity contribution >= 4 is 15.7 Å². The normalized spacial score (nSPS) is 26.2. The number of aromatic nitrogens is 1. The number of morpholine rings is 1. The molecule has 0 aliphatic carbocycles. The number of furan rings is 1. The maximum atomic E-state index is 12.7. The first kappa shape index (κ1) is 14.5. The first-order valence-corrected chi connectivity index (χ1v) is 8.99. The number of hydrogen-bond acceptors (Lipinski definition) is 7. The van der Waals surface area contributed by atoms with Crippen LogP contribution in [0.15, 0.2) is 33.4 Å². The number of carbonyl (C=O) groups excluding carboxylic acids is 1. The average molecular weight is 338 g/mol. The summed E-state index contributed by atoms with van der Waals surface area (Å²) in [6.45, 7) is 0.643. The maximum Gasteiger partial charge on any atom is 0.276 e. The molecule has 122 valence electrons. The first-order valence-electron chi connectivity index (χ1n) is 7.17. The second kappa shape index (κ2) is 5.20. The zero-order valence-electron chi connectivity index (χ0n) is 12.0. The first-order chi connectivity index (χ1) is 11.0. The Morgan fingerprint density at radius 1 is 1.30 bits per heavy atom. The molecule has 2 unspecified atom stereocenters. The topological polar surface area (TPSA) is 103 Å². The largest absolute Gasteiger partial charge is 0.461 e. The molecule has 23 heavy (non-hydrogen) atoms. The van der Waals surface area contributed by atoms with E-state index in [0.29, 0.717) is 24.7 Å². The second-order valence-electron chi connectivity index (χ2n) is 5.61. The van der Waals surface area contributed by atoms with Crippen LogP contribution in [0.25, 0.3) is 11.5 Å². The molecule has 4 heterocycles. The van der Waals surface area contributed by atoms with Gasteiger partial charge in [0.1, 0.15) is 0 Å². The molecule has 4 rings (SSSR count). The van der Waals surface area contributed by atoms with Gasteiger partial charge in [0.25, 0.3) is 5.91 Å². The van der Waals surface area contributed by atoms with E-state index >= 15 is 0 Å². The van der Waals surface area contributed by atoms with Crippen LogP contribution < -0.4 is 0 Å². The van der Waals surface area contributed by atoms with Gasteiger partial charge >= 0.3 is 0 Å². The molecule has 2 fully saturated rings. The van der Waals surface area contributed by atoms with Crippen LogP contribution in [-0.2, 0) is 14.6 Å². The minimum Gasteiger partial charge on any atom is -0.461 e. The molecule has 1 amide bonds. The summed E-state index contributed by atoms with van der Waals surface area (Å²) in [5.41, 5.74) is 0.126. The van der Waals surface area contributed by atoms with Crippen LogP contribution in [0, 0.1) is 0 Å². The van der Waals surface area contributed by atoms with Gasteiger partial charge < -0.3 is 18.6 Å². The Bertz CT molecular complexity index is 825. The van der Waals surface area contributed by atoms with Crippen molar-refractivity contribution in [2.24, 2.45) is 0 Å². The number of fused-ring (bicyclic) bond motifs is 1. The van der Waals surface area contributed by atoms with E-state index in [1.54, 1.807) is 12.1 Å². The zero-order chi connectivity index (χ0) is 16.0. The van der Waals surface area contributed by atoms with Gasteiger partial charge in [0.05, 0.1) is 36.5 Å². The van der Waals surface area contributed by atoms with Gasteiger partial charge in [0.15, 0.2) is 21.3 Å². The highest BCUT2D eigenvalue weighted by atomic mass is 32.2. The second-order valence-corrected chi connectivity index (χ2v) is 7.76. The predicted molar refractivity (Wildman–Crippen MR) is 77.4 cm³/mol. The lowest BCUT2D eigenvalue weighted by Crippen LogP contribution is -2.53. The van der Waals surface area contributed by atoms with E-state index in [-0.39, 0.29) is 23.1 Å². The summed E-state index contributed by atoms with van der Waals surface area (Å²) >= 11 is 0. The third-order valence-electron chi connectivity index (χ3n) is 4.09. The molecule has 2 aliphatic heterocycles. The van der Waals surface area contributed by atoms with Crippen LogP contribution in [0.5, 0.6) is 0 Å². The van der Waals surface area contributed by atoms with Gasteiger partial charge in [-0.3, -0.25) is 4.79 Å². The highest BCUT2D eigenvalue weighted by Gasteiger charge is 2.46. The minimum absolute atomic E-state index is 0.0437. The van der Waals surface area contributed by atoms with E-state index in [4.69, 9.17) is 13.7 Å². The number of sulfone groups is 1. The quantitative estimate of drug-likeness (QED) is 0.788. The van der Waals surface area contributed by atoms with E-state index < -0.39 is 22.0 Å². The molecule has 0 radical (unpaired) electrons. The van der Waals surface area contributed by atoms with Gasteiger partial charge in [-0.25, -0.2) is 8.42 Å². The lowest BCUT2D eigenvalue weighted by atomic mass is 10.1. The Labute approximate surface area is 131 Å². The minimum atomic E-state index is -3.19. The summed E-state index contributed by atoms with van der Waals surface area (Å²) in [5.74, 6) is 0.341. The third kappa shape index (κ3) is 2.55. The van der Waals surface area contributed by atoms with Crippen molar-refractivity contribution in [1.29, 1.82) is 0 Å². The number of amides is 1. The van der Waals surface area contributed by atoms with Crippen LogP contribution in [-0.4, -0.2) is 61.2 Å². The van der Waals surface area contributed by atoms with Crippen molar-refractivity contribution in [2.75, 3.05) is 24.7 Å². The molecule has 2 aromatic heterocycles. The maximum absolute atomic E-state index is 12.7. The highest BCUT2D eigenvalue weighted by Crippen LogP contribution is 2.27. The number of hydrogen-bond donors (Lipinski definition) is 0. The van der Waals surface area contributed by atoms with Crippen LogP contribution in [0.3, 0.4) is 0 Å². The Hall–Kier alpha value is -2.13. The van der Waals surface area contributed by atoms with Gasteiger partial charge in [0.2, 0.25) is 5.76 Å². The van der Waals surface area contributed by atoms with Gasteiger partial charge in [-0.05, 0) is 12.1 Å². The summed E-state index contributed by atoms with van der Waals surface area (Å²) in [7, 11) is -3.19. The molecule has 0 N–H and O–H groups in total. The predicted octanol–water partition coefficient (Wildman–Crippen LogP) is 0.573. The Balaban J connectivity index is 1.59. The highest BCUT2D eigenvalue weighted by molar-refractivity contribution is 7.91. The average Bonchev–Trinajstić information content (AvgIpc) is 3.23. The molecule has 9 heteroatoms. The molecule has 2 aromatic rings. The Kier molecular flexibility index (Phi) is 3.27. The molecule has 2 saturated heterocycles. The van der Waals surface area contributed by atoms with Gasteiger partial charge in [-0.2, -0.15) is 0 Å². The number of nitrogens with zero attached hydrogens (tertiary/aromatic N) is 2. The van der Waals surface area contributed by atoms with Crippen molar-refractivity contribution in [3.63, 3.8) is 0 Å². The molecule has 0 bridgehead atoms. The summed E-state index contributed by atoms with van der Waals surface area (Å²) in [4.78, 5) is 14.2. The molecule has 2 atom stereocenters. The van der Waals surface area contributed by atoms with Crippen LogP contribution in [0.1, 0.15) is 10.5 Å². The molecular weight excluding hydrogens is 324 g/mol. The van der Waals surface area contributed by atoms with Gasteiger partial charge in [-0.1, -0.05) is 5.16 Å². The SMILES string of the molecule is O=C(c1cc(-c2ccco2)on1)N1CCOC2CS(=O)(=O)CC21. The fraction of sp³-hybridized carbons (Fsp3) is 0.429. The van der Waals surface area contributed by atoms with E-state index in [9.17, 15) is 13.2 Å². The molecule has 0 saturated carbocycles. The van der Waals surface area contributed by atoms with Crippen LogP contribution in [0.2, 0.25) is 0 Å². The summed E-state index contributed by atoms with van der Waals surface area (Å²) in [6, 6.07) is 4.43.